The van der Waals surface area contributed by atoms with Gasteiger partial charge in [-0.3, -0.25) is 9.36 Å². The van der Waals surface area contributed by atoms with Crippen LogP contribution < -0.4 is 5.56 Å². The fourth-order valence-electron chi connectivity index (χ4n) is 2.90. The predicted molar refractivity (Wildman–Crippen MR) is 101 cm³/mol. The summed E-state index contributed by atoms with van der Waals surface area (Å²) in [5, 5.41) is 1.40. The molecule has 6 heteroatoms. The van der Waals surface area contributed by atoms with Crippen molar-refractivity contribution in [3.8, 4) is 0 Å². The first-order valence-electron chi connectivity index (χ1n) is 8.22. The first-order chi connectivity index (χ1) is 12.2. The van der Waals surface area contributed by atoms with Gasteiger partial charge in [0.1, 0.15) is 5.65 Å². The van der Waals surface area contributed by atoms with Gasteiger partial charge in [0.2, 0.25) is 0 Å². The average molecular weight is 350 g/mol. The Balaban J connectivity index is 1.68. The molecule has 3 heterocycles. The van der Waals surface area contributed by atoms with Gasteiger partial charge in [-0.2, -0.15) is 0 Å². The van der Waals surface area contributed by atoms with E-state index in [-0.39, 0.29) is 5.56 Å². The third-order valence-electron chi connectivity index (χ3n) is 4.14. The van der Waals surface area contributed by atoms with Crippen LogP contribution in [-0.4, -0.2) is 18.9 Å². The van der Waals surface area contributed by atoms with Gasteiger partial charge >= 0.3 is 0 Å². The summed E-state index contributed by atoms with van der Waals surface area (Å²) < 4.78 is 3.76. The number of para-hydroxylation sites is 1. The minimum atomic E-state index is 0.0150. The normalized spacial score (nSPS) is 11.4. The van der Waals surface area contributed by atoms with Gasteiger partial charge < -0.3 is 4.40 Å². The van der Waals surface area contributed by atoms with E-state index in [2.05, 4.69) is 29.2 Å². The van der Waals surface area contributed by atoms with E-state index in [0.717, 1.165) is 22.0 Å². The molecular formula is C19H18N4OS. The molecule has 0 fully saturated rings. The summed E-state index contributed by atoms with van der Waals surface area (Å²) in [4.78, 5) is 22.0. The summed E-state index contributed by atoms with van der Waals surface area (Å²) in [6.07, 6.45) is 4.09. The monoisotopic (exact) mass is 350 g/mol. The number of hydrogen-bond acceptors (Lipinski definition) is 4. The second-order valence-electron chi connectivity index (χ2n) is 5.95. The van der Waals surface area contributed by atoms with Gasteiger partial charge in [-0.1, -0.05) is 30.0 Å². The lowest BCUT2D eigenvalue weighted by Crippen LogP contribution is -2.22. The molecule has 0 aliphatic heterocycles. The van der Waals surface area contributed by atoms with Gasteiger partial charge in [-0.25, -0.2) is 9.97 Å². The molecule has 126 valence electrons. The largest absolute Gasteiger partial charge is 0.307 e. The molecule has 0 saturated heterocycles. The predicted octanol–water partition coefficient (Wildman–Crippen LogP) is 3.66. The second kappa shape index (κ2) is 6.37. The quantitative estimate of drug-likeness (QED) is 0.416. The van der Waals surface area contributed by atoms with Crippen LogP contribution in [0.3, 0.4) is 0 Å². The number of pyridine rings is 1. The summed E-state index contributed by atoms with van der Waals surface area (Å²) in [7, 11) is 0. The highest BCUT2D eigenvalue weighted by molar-refractivity contribution is 7.98. The Bertz CT molecular complexity index is 1130. The molecule has 5 nitrogen and oxygen atoms in total. The molecule has 0 spiro atoms. The van der Waals surface area contributed by atoms with Crippen LogP contribution >= 0.6 is 11.8 Å². The van der Waals surface area contributed by atoms with Gasteiger partial charge in [0.25, 0.3) is 5.56 Å². The first-order valence-corrected chi connectivity index (χ1v) is 9.21. The van der Waals surface area contributed by atoms with Crippen molar-refractivity contribution in [2.45, 2.75) is 31.3 Å². The van der Waals surface area contributed by atoms with Crippen LogP contribution in [0.15, 0.2) is 58.7 Å². The Morgan fingerprint density at radius 1 is 1.08 bits per heavy atom. The molecule has 0 radical (unpaired) electrons. The summed E-state index contributed by atoms with van der Waals surface area (Å²) in [5.41, 5.74) is 3.85. The van der Waals surface area contributed by atoms with Crippen molar-refractivity contribution in [1.82, 2.24) is 18.9 Å². The lowest BCUT2D eigenvalue weighted by molar-refractivity contribution is 0.634. The number of thioether (sulfide) groups is 1. The fraction of sp³-hybridized carbons (Fsp3) is 0.211. The number of nitrogens with zero attached hydrogens (tertiary/aromatic N) is 4. The van der Waals surface area contributed by atoms with Crippen molar-refractivity contribution >= 4 is 28.3 Å². The lowest BCUT2D eigenvalue weighted by atomic mass is 10.2. The molecule has 0 aliphatic carbocycles. The van der Waals surface area contributed by atoms with E-state index in [0.29, 0.717) is 17.7 Å². The van der Waals surface area contributed by atoms with Crippen LogP contribution in [0.1, 0.15) is 18.2 Å². The van der Waals surface area contributed by atoms with Crippen molar-refractivity contribution in [3.05, 3.63) is 70.4 Å². The molecule has 0 unspecified atom stereocenters. The Morgan fingerprint density at radius 2 is 1.92 bits per heavy atom. The van der Waals surface area contributed by atoms with E-state index in [1.165, 1.54) is 5.56 Å². The van der Waals surface area contributed by atoms with Gasteiger partial charge in [0.05, 0.1) is 16.6 Å². The molecule has 3 aromatic heterocycles. The molecule has 25 heavy (non-hydrogen) atoms. The number of hydrogen-bond donors (Lipinski definition) is 0. The summed E-state index contributed by atoms with van der Waals surface area (Å²) in [6.45, 7) is 4.63. The molecule has 0 bridgehead atoms. The van der Waals surface area contributed by atoms with Crippen LogP contribution in [0, 0.1) is 6.92 Å². The minimum Gasteiger partial charge on any atom is -0.307 e. The Hall–Kier alpha value is -2.60. The van der Waals surface area contributed by atoms with Crippen LogP contribution in [0.4, 0.5) is 0 Å². The van der Waals surface area contributed by atoms with E-state index in [1.54, 1.807) is 16.3 Å². The van der Waals surface area contributed by atoms with Crippen LogP contribution in [0.25, 0.3) is 16.6 Å². The molecule has 4 rings (SSSR count). The number of aromatic nitrogens is 4. The standard InChI is InChI=1S/C19H18N4OS/c1-3-23-18(24)15-6-4-5-7-16(15)21-19(23)25-12-14-11-22-10-13(2)8-9-17(22)20-14/h4-11H,3,12H2,1-2H3. The van der Waals surface area contributed by atoms with Crippen LogP contribution in [0.5, 0.6) is 0 Å². The van der Waals surface area contributed by atoms with Gasteiger partial charge in [-0.05, 0) is 37.6 Å². The topological polar surface area (TPSA) is 52.2 Å². The van der Waals surface area contributed by atoms with E-state index >= 15 is 0 Å². The van der Waals surface area contributed by atoms with E-state index in [4.69, 9.17) is 0 Å². The highest BCUT2D eigenvalue weighted by Gasteiger charge is 2.11. The fourth-order valence-corrected chi connectivity index (χ4v) is 3.85. The molecule has 0 saturated carbocycles. The van der Waals surface area contributed by atoms with E-state index < -0.39 is 0 Å². The van der Waals surface area contributed by atoms with Gasteiger partial charge in [0.15, 0.2) is 5.16 Å². The zero-order valence-electron chi connectivity index (χ0n) is 14.1. The summed E-state index contributed by atoms with van der Waals surface area (Å²) >= 11 is 1.55. The van der Waals surface area contributed by atoms with Crippen molar-refractivity contribution < 1.29 is 0 Å². The molecular weight excluding hydrogens is 332 g/mol. The van der Waals surface area contributed by atoms with Crippen LogP contribution in [-0.2, 0) is 12.3 Å². The summed E-state index contributed by atoms with van der Waals surface area (Å²) in [5.74, 6) is 0.672. The SMILES string of the molecule is CCn1c(SCc2cn3cc(C)ccc3n2)nc2ccccc2c1=O. The highest BCUT2D eigenvalue weighted by atomic mass is 32.2. The van der Waals surface area contributed by atoms with Crippen molar-refractivity contribution in [2.75, 3.05) is 0 Å². The third kappa shape index (κ3) is 2.93. The maximum absolute atomic E-state index is 12.7. The van der Waals surface area contributed by atoms with Gasteiger partial charge in [0, 0.05) is 24.7 Å². The zero-order valence-corrected chi connectivity index (χ0v) is 15.0. The van der Waals surface area contributed by atoms with Gasteiger partial charge in [-0.15, -0.1) is 0 Å². The Morgan fingerprint density at radius 3 is 2.76 bits per heavy atom. The first kappa shape index (κ1) is 15.9. The lowest BCUT2D eigenvalue weighted by Gasteiger charge is -2.10. The molecule has 1 aromatic carbocycles. The molecule has 0 N–H and O–H groups in total. The number of benzene rings is 1. The molecule has 0 amide bonds. The number of rotatable bonds is 4. The number of aryl methyl sites for hydroxylation is 1. The maximum atomic E-state index is 12.7. The molecule has 0 atom stereocenters. The average Bonchev–Trinajstić information content (AvgIpc) is 3.02. The van der Waals surface area contributed by atoms with Crippen molar-refractivity contribution in [2.24, 2.45) is 0 Å². The minimum absolute atomic E-state index is 0.0150. The van der Waals surface area contributed by atoms with Crippen molar-refractivity contribution in [1.29, 1.82) is 0 Å². The number of fused-ring (bicyclic) bond motifs is 2. The smallest absolute Gasteiger partial charge is 0.262 e. The Labute approximate surface area is 149 Å². The molecule has 4 aromatic rings. The summed E-state index contributed by atoms with van der Waals surface area (Å²) in [6, 6.07) is 11.6. The third-order valence-corrected chi connectivity index (χ3v) is 5.15. The molecule has 0 aliphatic rings. The van der Waals surface area contributed by atoms with Crippen LogP contribution in [0.2, 0.25) is 0 Å². The van der Waals surface area contributed by atoms with E-state index in [9.17, 15) is 4.79 Å². The van der Waals surface area contributed by atoms with Crippen molar-refractivity contribution in [3.63, 3.8) is 0 Å². The maximum Gasteiger partial charge on any atom is 0.262 e. The second-order valence-corrected chi connectivity index (χ2v) is 6.90. The van der Waals surface area contributed by atoms with E-state index in [1.807, 2.05) is 47.9 Å². The zero-order chi connectivity index (χ0) is 17.4. The Kier molecular flexibility index (Phi) is 4.05. The number of imidazole rings is 1. The highest BCUT2D eigenvalue weighted by Crippen LogP contribution is 2.22.